The standard InChI is InChI=1S/C19H30N4O/c1-3-23(17-5-4-10-20-14-17)19(24)16-8-11-22(12-9-16)18-7-6-15(2)13-21-18/h6-7,13,16-17,20H,3-5,8-12,14H2,1-2H3. The summed E-state index contributed by atoms with van der Waals surface area (Å²) in [5.41, 5.74) is 1.18. The maximum Gasteiger partial charge on any atom is 0.226 e. The second-order valence-electron chi connectivity index (χ2n) is 7.08. The molecule has 1 aromatic rings. The average molecular weight is 330 g/mol. The van der Waals surface area contributed by atoms with Crippen molar-refractivity contribution >= 4 is 11.7 Å². The van der Waals surface area contributed by atoms with Crippen molar-refractivity contribution < 1.29 is 4.79 Å². The quantitative estimate of drug-likeness (QED) is 0.919. The highest BCUT2D eigenvalue weighted by Gasteiger charge is 2.32. The summed E-state index contributed by atoms with van der Waals surface area (Å²) in [5, 5.41) is 3.43. The van der Waals surface area contributed by atoms with Crippen LogP contribution < -0.4 is 10.2 Å². The van der Waals surface area contributed by atoms with Gasteiger partial charge in [-0.1, -0.05) is 6.07 Å². The van der Waals surface area contributed by atoms with Crippen molar-refractivity contribution in [3.05, 3.63) is 23.9 Å². The van der Waals surface area contributed by atoms with Gasteiger partial charge in [0, 0.05) is 44.3 Å². The fourth-order valence-corrected chi connectivity index (χ4v) is 3.93. The highest BCUT2D eigenvalue weighted by atomic mass is 16.2. The molecule has 5 heteroatoms. The molecule has 132 valence electrons. The third-order valence-corrected chi connectivity index (χ3v) is 5.40. The van der Waals surface area contributed by atoms with Crippen LogP contribution >= 0.6 is 0 Å². The van der Waals surface area contributed by atoms with Gasteiger partial charge < -0.3 is 15.1 Å². The number of carbonyl (C=O) groups is 1. The van der Waals surface area contributed by atoms with Crippen LogP contribution in [0.1, 0.15) is 38.2 Å². The van der Waals surface area contributed by atoms with Gasteiger partial charge in [0.25, 0.3) is 0 Å². The van der Waals surface area contributed by atoms with E-state index >= 15 is 0 Å². The number of piperidine rings is 2. The van der Waals surface area contributed by atoms with Crippen molar-refractivity contribution in [3.8, 4) is 0 Å². The SMILES string of the molecule is CCN(C(=O)C1CCN(c2ccc(C)cn2)CC1)C1CCCNC1. The Bertz CT molecular complexity index is 531. The first kappa shape index (κ1) is 17.2. The highest BCUT2D eigenvalue weighted by Crippen LogP contribution is 2.25. The van der Waals surface area contributed by atoms with Crippen molar-refractivity contribution in [1.82, 2.24) is 15.2 Å². The van der Waals surface area contributed by atoms with Gasteiger partial charge in [-0.2, -0.15) is 0 Å². The summed E-state index contributed by atoms with van der Waals surface area (Å²) in [5.74, 6) is 1.58. The lowest BCUT2D eigenvalue weighted by Gasteiger charge is -2.39. The topological polar surface area (TPSA) is 48.5 Å². The van der Waals surface area contributed by atoms with Crippen molar-refractivity contribution in [2.45, 2.75) is 45.6 Å². The minimum atomic E-state index is 0.175. The molecule has 0 bridgehead atoms. The van der Waals surface area contributed by atoms with Crippen LogP contribution in [0.25, 0.3) is 0 Å². The van der Waals surface area contributed by atoms with Crippen LogP contribution in [0, 0.1) is 12.8 Å². The fraction of sp³-hybridized carbons (Fsp3) is 0.684. The number of pyridine rings is 1. The smallest absolute Gasteiger partial charge is 0.226 e. The van der Waals surface area contributed by atoms with E-state index in [0.717, 1.165) is 57.8 Å². The number of nitrogens with zero attached hydrogens (tertiary/aromatic N) is 3. The van der Waals surface area contributed by atoms with E-state index < -0.39 is 0 Å². The summed E-state index contributed by atoms with van der Waals surface area (Å²) in [6, 6.07) is 4.57. The van der Waals surface area contributed by atoms with Crippen LogP contribution in [0.3, 0.4) is 0 Å². The summed E-state index contributed by atoms with van der Waals surface area (Å²) in [7, 11) is 0. The number of amides is 1. The molecule has 0 aliphatic carbocycles. The maximum absolute atomic E-state index is 13.0. The number of hydrogen-bond donors (Lipinski definition) is 1. The van der Waals surface area contributed by atoms with Gasteiger partial charge in [-0.15, -0.1) is 0 Å². The van der Waals surface area contributed by atoms with Gasteiger partial charge in [0.2, 0.25) is 5.91 Å². The lowest BCUT2D eigenvalue weighted by Crippen LogP contribution is -2.51. The Kier molecular flexibility index (Phi) is 5.72. The van der Waals surface area contributed by atoms with Gasteiger partial charge in [-0.05, 0) is 57.7 Å². The Morgan fingerprint density at radius 1 is 1.33 bits per heavy atom. The zero-order chi connectivity index (χ0) is 16.9. The second kappa shape index (κ2) is 7.97. The molecule has 0 saturated carbocycles. The fourth-order valence-electron chi connectivity index (χ4n) is 3.93. The van der Waals surface area contributed by atoms with E-state index in [-0.39, 0.29) is 5.92 Å². The summed E-state index contributed by atoms with van der Waals surface area (Å²) in [6.07, 6.45) is 6.10. The van der Waals surface area contributed by atoms with Crippen LogP contribution in [0.15, 0.2) is 18.3 Å². The minimum Gasteiger partial charge on any atom is -0.357 e. The molecule has 0 aromatic carbocycles. The van der Waals surface area contributed by atoms with E-state index in [1.807, 2.05) is 6.20 Å². The third kappa shape index (κ3) is 3.89. The van der Waals surface area contributed by atoms with Crippen LogP contribution in [-0.4, -0.2) is 54.6 Å². The van der Waals surface area contributed by atoms with Crippen molar-refractivity contribution in [1.29, 1.82) is 0 Å². The van der Waals surface area contributed by atoms with E-state index in [9.17, 15) is 4.79 Å². The summed E-state index contributed by atoms with van der Waals surface area (Å²) < 4.78 is 0. The second-order valence-corrected chi connectivity index (χ2v) is 7.08. The first-order chi connectivity index (χ1) is 11.7. The normalized spacial score (nSPS) is 22.4. The molecule has 2 aliphatic rings. The zero-order valence-electron chi connectivity index (χ0n) is 15.0. The molecule has 0 spiro atoms. The first-order valence-electron chi connectivity index (χ1n) is 9.38. The lowest BCUT2D eigenvalue weighted by molar-refractivity contribution is -0.138. The molecule has 1 amide bonds. The zero-order valence-corrected chi connectivity index (χ0v) is 15.0. The molecule has 1 aromatic heterocycles. The van der Waals surface area contributed by atoms with Crippen LogP contribution in [0.2, 0.25) is 0 Å². The highest BCUT2D eigenvalue weighted by molar-refractivity contribution is 5.79. The molecule has 5 nitrogen and oxygen atoms in total. The molecular formula is C19H30N4O. The van der Waals surface area contributed by atoms with Gasteiger partial charge in [0.15, 0.2) is 0 Å². The van der Waals surface area contributed by atoms with E-state index in [4.69, 9.17) is 0 Å². The Hall–Kier alpha value is -1.62. The third-order valence-electron chi connectivity index (χ3n) is 5.40. The number of aryl methyl sites for hydroxylation is 1. The number of nitrogens with one attached hydrogen (secondary N) is 1. The monoisotopic (exact) mass is 330 g/mol. The van der Waals surface area contributed by atoms with Crippen LogP contribution in [0.4, 0.5) is 5.82 Å². The van der Waals surface area contributed by atoms with Gasteiger partial charge >= 0.3 is 0 Å². The molecule has 2 fully saturated rings. The van der Waals surface area contributed by atoms with Gasteiger partial charge in [-0.25, -0.2) is 4.98 Å². The molecule has 3 rings (SSSR count). The molecule has 1 N–H and O–H groups in total. The molecular weight excluding hydrogens is 300 g/mol. The summed E-state index contributed by atoms with van der Waals surface area (Å²) >= 11 is 0. The van der Waals surface area contributed by atoms with Gasteiger partial charge in [0.1, 0.15) is 5.82 Å². The number of likely N-dealkylation sites (N-methyl/N-ethyl adjacent to an activating group) is 1. The van der Waals surface area contributed by atoms with Crippen molar-refractivity contribution in [2.75, 3.05) is 37.6 Å². The molecule has 1 atom stereocenters. The van der Waals surface area contributed by atoms with Gasteiger partial charge in [-0.3, -0.25) is 4.79 Å². The number of aromatic nitrogens is 1. The summed E-state index contributed by atoms with van der Waals surface area (Å²) in [6.45, 7) is 8.87. The van der Waals surface area contributed by atoms with Crippen molar-refractivity contribution in [2.24, 2.45) is 5.92 Å². The Morgan fingerprint density at radius 3 is 2.71 bits per heavy atom. The Balaban J connectivity index is 1.56. The van der Waals surface area contributed by atoms with E-state index in [2.05, 4.69) is 46.1 Å². The van der Waals surface area contributed by atoms with E-state index in [0.29, 0.717) is 11.9 Å². The van der Waals surface area contributed by atoms with Crippen LogP contribution in [0.5, 0.6) is 0 Å². The molecule has 0 radical (unpaired) electrons. The number of rotatable bonds is 4. The predicted octanol–water partition coefficient (Wildman–Crippen LogP) is 2.21. The first-order valence-corrected chi connectivity index (χ1v) is 9.38. The number of hydrogen-bond acceptors (Lipinski definition) is 4. The molecule has 3 heterocycles. The van der Waals surface area contributed by atoms with Crippen LogP contribution in [-0.2, 0) is 4.79 Å². The molecule has 2 saturated heterocycles. The average Bonchev–Trinajstić information content (AvgIpc) is 2.64. The minimum absolute atomic E-state index is 0.175. The molecule has 1 unspecified atom stereocenters. The summed E-state index contributed by atoms with van der Waals surface area (Å²) in [4.78, 5) is 21.9. The predicted molar refractivity (Wildman–Crippen MR) is 97.2 cm³/mol. The van der Waals surface area contributed by atoms with E-state index in [1.165, 1.54) is 12.0 Å². The van der Waals surface area contributed by atoms with E-state index in [1.54, 1.807) is 0 Å². The number of carbonyl (C=O) groups excluding carboxylic acids is 1. The molecule has 2 aliphatic heterocycles. The molecule has 24 heavy (non-hydrogen) atoms. The van der Waals surface area contributed by atoms with Gasteiger partial charge in [0.05, 0.1) is 0 Å². The largest absolute Gasteiger partial charge is 0.357 e. The Labute approximate surface area is 145 Å². The van der Waals surface area contributed by atoms with Crippen molar-refractivity contribution in [3.63, 3.8) is 0 Å². The number of anilines is 1. The maximum atomic E-state index is 13.0. The Morgan fingerprint density at radius 2 is 2.12 bits per heavy atom. The lowest BCUT2D eigenvalue weighted by atomic mass is 9.93.